The molecule has 0 spiro atoms. The molecule has 2 amide bonds. The maximum absolute atomic E-state index is 13.2. The Kier molecular flexibility index (Phi) is 7.28. The summed E-state index contributed by atoms with van der Waals surface area (Å²) < 4.78 is 11.1. The SMILES string of the molecule is COc1ccc(/C=C2\C(=O)NC(=S)N(c3ccc(Cl)cc3)C2=O)cc1COc1ccc([N+](=O)[O-])cc1. The summed E-state index contributed by atoms with van der Waals surface area (Å²) >= 11 is 11.2. The van der Waals surface area contributed by atoms with E-state index < -0.39 is 16.7 Å². The zero-order valence-electron chi connectivity index (χ0n) is 18.8. The third-order valence-electron chi connectivity index (χ3n) is 5.24. The molecule has 0 radical (unpaired) electrons. The fourth-order valence-electron chi connectivity index (χ4n) is 3.48. The van der Waals surface area contributed by atoms with Crippen molar-refractivity contribution < 1.29 is 24.0 Å². The van der Waals surface area contributed by atoms with Crippen LogP contribution in [0.15, 0.2) is 72.3 Å². The van der Waals surface area contributed by atoms with Crippen LogP contribution in [0.5, 0.6) is 11.5 Å². The number of methoxy groups -OCH3 is 1. The van der Waals surface area contributed by atoms with Crippen LogP contribution in [0.4, 0.5) is 11.4 Å². The molecule has 0 bridgehead atoms. The highest BCUT2D eigenvalue weighted by molar-refractivity contribution is 7.80. The van der Waals surface area contributed by atoms with Gasteiger partial charge < -0.3 is 9.47 Å². The van der Waals surface area contributed by atoms with Crippen LogP contribution in [0.25, 0.3) is 6.08 Å². The van der Waals surface area contributed by atoms with Gasteiger partial charge in [-0.2, -0.15) is 0 Å². The summed E-state index contributed by atoms with van der Waals surface area (Å²) in [5, 5.41) is 13.8. The number of hydrogen-bond donors (Lipinski definition) is 1. The summed E-state index contributed by atoms with van der Waals surface area (Å²) in [5.74, 6) is -0.233. The van der Waals surface area contributed by atoms with Gasteiger partial charge in [-0.1, -0.05) is 17.7 Å². The van der Waals surface area contributed by atoms with Gasteiger partial charge in [-0.25, -0.2) is 0 Å². The Morgan fingerprint density at radius 3 is 2.42 bits per heavy atom. The summed E-state index contributed by atoms with van der Waals surface area (Å²) in [7, 11) is 1.51. The molecule has 4 rings (SSSR count). The lowest BCUT2D eigenvalue weighted by Crippen LogP contribution is -2.54. The lowest BCUT2D eigenvalue weighted by molar-refractivity contribution is -0.384. The molecule has 1 aliphatic heterocycles. The highest BCUT2D eigenvalue weighted by Crippen LogP contribution is 2.27. The van der Waals surface area contributed by atoms with Gasteiger partial charge >= 0.3 is 0 Å². The standard InChI is InChI=1S/C25H18ClN3O6S/c1-34-22-11-2-15(12-16(22)14-35-20-9-7-19(8-10-20)29(32)33)13-21-23(30)27-25(36)28(24(21)31)18-5-3-17(26)4-6-18/h2-13H,14H2,1H3,(H,27,30,36)/b21-13+. The molecule has 3 aromatic carbocycles. The number of rotatable bonds is 7. The Balaban J connectivity index is 1.60. The molecule has 1 fully saturated rings. The van der Waals surface area contributed by atoms with E-state index in [0.29, 0.717) is 33.3 Å². The number of carbonyl (C=O) groups excluding carboxylic acids is 2. The van der Waals surface area contributed by atoms with Crippen LogP contribution in [0.3, 0.4) is 0 Å². The fraction of sp³-hybridized carbons (Fsp3) is 0.0800. The van der Waals surface area contributed by atoms with Crippen LogP contribution in [0.1, 0.15) is 11.1 Å². The predicted octanol–water partition coefficient (Wildman–Crippen LogP) is 4.67. The maximum Gasteiger partial charge on any atom is 0.270 e. The summed E-state index contributed by atoms with van der Waals surface area (Å²) in [6.07, 6.45) is 1.46. The molecule has 0 unspecified atom stereocenters. The normalized spacial score (nSPS) is 14.6. The Morgan fingerprint density at radius 2 is 1.78 bits per heavy atom. The molecule has 0 aliphatic carbocycles. The number of benzene rings is 3. The fourth-order valence-corrected chi connectivity index (χ4v) is 3.88. The third-order valence-corrected chi connectivity index (χ3v) is 5.78. The summed E-state index contributed by atoms with van der Waals surface area (Å²) in [4.78, 5) is 37.4. The molecule has 0 atom stereocenters. The van der Waals surface area contributed by atoms with Gasteiger partial charge in [0.25, 0.3) is 17.5 Å². The van der Waals surface area contributed by atoms with Gasteiger partial charge in [0.1, 0.15) is 23.7 Å². The Labute approximate surface area is 216 Å². The van der Waals surface area contributed by atoms with E-state index in [4.69, 9.17) is 33.3 Å². The molecule has 1 aliphatic rings. The van der Waals surface area contributed by atoms with Crippen LogP contribution >= 0.6 is 23.8 Å². The quantitative estimate of drug-likeness (QED) is 0.157. The molecule has 36 heavy (non-hydrogen) atoms. The largest absolute Gasteiger partial charge is 0.496 e. The number of carbonyl (C=O) groups is 2. The van der Waals surface area contributed by atoms with Crippen molar-refractivity contribution in [3.05, 3.63) is 98.6 Å². The number of nitro benzene ring substituents is 1. The summed E-state index contributed by atoms with van der Waals surface area (Å²) in [5.41, 5.74) is 1.51. The molecular weight excluding hydrogens is 506 g/mol. The van der Waals surface area contributed by atoms with Crippen LogP contribution in [0, 0.1) is 10.1 Å². The summed E-state index contributed by atoms with van der Waals surface area (Å²) in [6.45, 7) is 0.0825. The Morgan fingerprint density at radius 1 is 1.08 bits per heavy atom. The first-order valence-corrected chi connectivity index (χ1v) is 11.3. The first-order valence-electron chi connectivity index (χ1n) is 10.5. The lowest BCUT2D eigenvalue weighted by Gasteiger charge is -2.29. The lowest BCUT2D eigenvalue weighted by atomic mass is 10.0. The molecule has 9 nitrogen and oxygen atoms in total. The van der Waals surface area contributed by atoms with Gasteiger partial charge in [0, 0.05) is 22.7 Å². The van der Waals surface area contributed by atoms with Crippen molar-refractivity contribution in [1.29, 1.82) is 0 Å². The predicted molar refractivity (Wildman–Crippen MR) is 138 cm³/mol. The zero-order valence-corrected chi connectivity index (χ0v) is 20.3. The second-order valence-electron chi connectivity index (χ2n) is 7.55. The molecule has 0 saturated carbocycles. The number of halogens is 1. The first kappa shape index (κ1) is 24.8. The molecule has 0 aromatic heterocycles. The zero-order chi connectivity index (χ0) is 25.8. The van der Waals surface area contributed by atoms with Gasteiger partial charge in [0.15, 0.2) is 5.11 Å². The minimum Gasteiger partial charge on any atom is -0.496 e. The van der Waals surface area contributed by atoms with E-state index >= 15 is 0 Å². The topological polar surface area (TPSA) is 111 Å². The number of amides is 2. The van der Waals surface area contributed by atoms with E-state index in [1.54, 1.807) is 42.5 Å². The number of nitro groups is 1. The number of ether oxygens (including phenoxy) is 2. The summed E-state index contributed by atoms with van der Waals surface area (Å²) in [6, 6.07) is 17.3. The van der Waals surface area contributed by atoms with E-state index in [1.807, 2.05) is 0 Å². The van der Waals surface area contributed by atoms with Crippen molar-refractivity contribution in [2.24, 2.45) is 0 Å². The highest BCUT2D eigenvalue weighted by atomic mass is 35.5. The number of anilines is 1. The van der Waals surface area contributed by atoms with E-state index in [1.165, 1.54) is 42.4 Å². The Hall–Kier alpha value is -4.28. The highest BCUT2D eigenvalue weighted by Gasteiger charge is 2.34. The van der Waals surface area contributed by atoms with Crippen LogP contribution in [-0.4, -0.2) is 29.0 Å². The number of nitrogens with zero attached hydrogens (tertiary/aromatic N) is 2. The van der Waals surface area contributed by atoms with Crippen molar-refractivity contribution in [3.63, 3.8) is 0 Å². The third kappa shape index (κ3) is 5.35. The molecule has 1 N–H and O–H groups in total. The van der Waals surface area contributed by atoms with E-state index in [2.05, 4.69) is 5.32 Å². The van der Waals surface area contributed by atoms with E-state index in [9.17, 15) is 19.7 Å². The van der Waals surface area contributed by atoms with Gasteiger partial charge in [-0.15, -0.1) is 0 Å². The van der Waals surface area contributed by atoms with Gasteiger partial charge in [-0.3, -0.25) is 29.9 Å². The monoisotopic (exact) mass is 523 g/mol. The van der Waals surface area contributed by atoms with Crippen molar-refractivity contribution in [2.45, 2.75) is 6.61 Å². The minimum atomic E-state index is -0.616. The number of nitrogens with one attached hydrogen (secondary N) is 1. The van der Waals surface area contributed by atoms with Crippen LogP contribution in [0.2, 0.25) is 5.02 Å². The van der Waals surface area contributed by atoms with Crippen LogP contribution < -0.4 is 19.7 Å². The van der Waals surface area contributed by atoms with Gasteiger partial charge in [-0.05, 0) is 72.4 Å². The first-order chi connectivity index (χ1) is 17.3. The molecule has 1 heterocycles. The van der Waals surface area contributed by atoms with E-state index in [-0.39, 0.29) is 23.0 Å². The number of thiocarbonyl (C=S) groups is 1. The number of non-ortho nitro benzene ring substituents is 1. The average molecular weight is 524 g/mol. The molecular formula is C25H18ClN3O6S. The Bertz CT molecular complexity index is 1390. The second kappa shape index (κ2) is 10.5. The molecule has 1 saturated heterocycles. The smallest absolute Gasteiger partial charge is 0.270 e. The second-order valence-corrected chi connectivity index (χ2v) is 8.37. The van der Waals surface area contributed by atoms with Gasteiger partial charge in [0.05, 0.1) is 17.7 Å². The van der Waals surface area contributed by atoms with Crippen molar-refractivity contribution in [3.8, 4) is 11.5 Å². The molecule has 3 aromatic rings. The van der Waals surface area contributed by atoms with Crippen molar-refractivity contribution >= 4 is 58.2 Å². The minimum absolute atomic E-state index is 0.0311. The molecule has 182 valence electrons. The van der Waals surface area contributed by atoms with Crippen LogP contribution in [-0.2, 0) is 16.2 Å². The average Bonchev–Trinajstić information content (AvgIpc) is 2.86. The van der Waals surface area contributed by atoms with E-state index in [0.717, 1.165) is 0 Å². The number of hydrogen-bond acceptors (Lipinski definition) is 7. The van der Waals surface area contributed by atoms with Gasteiger partial charge in [0.2, 0.25) is 0 Å². The van der Waals surface area contributed by atoms with Crippen molar-refractivity contribution in [1.82, 2.24) is 5.32 Å². The van der Waals surface area contributed by atoms with Crippen molar-refractivity contribution in [2.75, 3.05) is 12.0 Å². The maximum atomic E-state index is 13.2. The molecule has 11 heteroatoms.